The zero-order valence-corrected chi connectivity index (χ0v) is 12.5. The topological polar surface area (TPSA) is 91.5 Å². The second-order valence-electron chi connectivity index (χ2n) is 2.65. The molecule has 0 saturated heterocycles. The molecule has 0 bridgehead atoms. The molecular weight excluding hydrogens is 271 g/mol. The van der Waals surface area contributed by atoms with Gasteiger partial charge >= 0.3 is 29.6 Å². The van der Waals surface area contributed by atoms with E-state index in [2.05, 4.69) is 19.9 Å². The molecule has 0 unspecified atom stereocenters. The first-order valence-electron chi connectivity index (χ1n) is 4.19. The van der Waals surface area contributed by atoms with Gasteiger partial charge in [-0.25, -0.2) is 9.97 Å². The average molecular weight is 277 g/mol. The van der Waals surface area contributed by atoms with Crippen molar-refractivity contribution in [2.24, 2.45) is 0 Å². The molecule has 2 aromatic heterocycles. The van der Waals surface area contributed by atoms with E-state index < -0.39 is 0 Å². The molecule has 0 aliphatic carbocycles. The summed E-state index contributed by atoms with van der Waals surface area (Å²) in [7, 11) is 2.43. The molecule has 2 N–H and O–H groups in total. The van der Waals surface area contributed by atoms with Crippen molar-refractivity contribution < 1.29 is 29.6 Å². The van der Waals surface area contributed by atoms with Crippen molar-refractivity contribution >= 4 is 21.6 Å². The molecular formula is C8H6N4NaO2S2+. The SMILES string of the molecule is O=c1ccnc(SSc2nccc(=O)[nH]2)[nH]1.[Na+]. The molecule has 2 aromatic rings. The summed E-state index contributed by atoms with van der Waals surface area (Å²) in [6.45, 7) is 0. The fourth-order valence-electron chi connectivity index (χ4n) is 0.868. The van der Waals surface area contributed by atoms with Crippen molar-refractivity contribution in [2.45, 2.75) is 10.3 Å². The molecule has 0 radical (unpaired) electrons. The van der Waals surface area contributed by atoms with Crippen LogP contribution in [-0.2, 0) is 0 Å². The van der Waals surface area contributed by atoms with Crippen LogP contribution in [0.5, 0.6) is 0 Å². The second-order valence-corrected chi connectivity index (χ2v) is 4.75. The summed E-state index contributed by atoms with van der Waals surface area (Å²) in [5.74, 6) is 0. The van der Waals surface area contributed by atoms with Gasteiger partial charge in [-0.1, -0.05) is 0 Å². The van der Waals surface area contributed by atoms with Crippen LogP contribution in [0.1, 0.15) is 0 Å². The number of nitrogens with zero attached hydrogens (tertiary/aromatic N) is 2. The van der Waals surface area contributed by atoms with Gasteiger partial charge in [-0.05, 0) is 21.6 Å². The van der Waals surface area contributed by atoms with Gasteiger partial charge in [0.05, 0.1) is 0 Å². The minimum Gasteiger partial charge on any atom is -0.301 e. The molecule has 82 valence electrons. The predicted molar refractivity (Wildman–Crippen MR) is 61.4 cm³/mol. The van der Waals surface area contributed by atoms with E-state index in [1.54, 1.807) is 0 Å². The molecule has 17 heavy (non-hydrogen) atoms. The van der Waals surface area contributed by atoms with Gasteiger partial charge in [0, 0.05) is 24.5 Å². The Morgan fingerprint density at radius 2 is 1.29 bits per heavy atom. The van der Waals surface area contributed by atoms with Crippen LogP contribution in [-0.4, -0.2) is 19.9 Å². The quantitative estimate of drug-likeness (QED) is 0.371. The number of hydrogen-bond donors (Lipinski definition) is 2. The van der Waals surface area contributed by atoms with Crippen molar-refractivity contribution in [3.05, 3.63) is 45.2 Å². The minimum absolute atomic E-state index is 0. The summed E-state index contributed by atoms with van der Waals surface area (Å²) in [6, 6.07) is 2.66. The Morgan fingerprint density at radius 3 is 1.65 bits per heavy atom. The molecule has 0 fully saturated rings. The van der Waals surface area contributed by atoms with Gasteiger partial charge in [0.25, 0.3) is 11.1 Å². The zero-order valence-electron chi connectivity index (χ0n) is 8.84. The first-order chi connectivity index (χ1) is 7.74. The summed E-state index contributed by atoms with van der Waals surface area (Å²) in [5, 5.41) is 0.924. The Bertz CT molecular complexity index is 547. The maximum atomic E-state index is 11.0. The van der Waals surface area contributed by atoms with E-state index in [9.17, 15) is 9.59 Å². The second kappa shape index (κ2) is 7.02. The van der Waals surface area contributed by atoms with Gasteiger partial charge in [-0.2, -0.15) is 0 Å². The number of rotatable bonds is 3. The van der Waals surface area contributed by atoms with Crippen molar-refractivity contribution in [2.75, 3.05) is 0 Å². The van der Waals surface area contributed by atoms with E-state index in [-0.39, 0.29) is 40.7 Å². The van der Waals surface area contributed by atoms with E-state index in [4.69, 9.17) is 0 Å². The van der Waals surface area contributed by atoms with Crippen LogP contribution in [0.3, 0.4) is 0 Å². The van der Waals surface area contributed by atoms with Gasteiger partial charge in [0.15, 0.2) is 10.3 Å². The Labute approximate surface area is 126 Å². The Kier molecular flexibility index (Phi) is 6.00. The monoisotopic (exact) mass is 277 g/mol. The van der Waals surface area contributed by atoms with Crippen molar-refractivity contribution in [1.82, 2.24) is 19.9 Å². The van der Waals surface area contributed by atoms with Gasteiger partial charge < -0.3 is 9.97 Å². The third-order valence-electron chi connectivity index (χ3n) is 1.50. The Balaban J connectivity index is 0.00000144. The summed E-state index contributed by atoms with van der Waals surface area (Å²) in [4.78, 5) is 34.9. The Morgan fingerprint density at radius 1 is 0.882 bits per heavy atom. The molecule has 2 heterocycles. The van der Waals surface area contributed by atoms with E-state index in [0.717, 1.165) is 0 Å². The maximum Gasteiger partial charge on any atom is 1.00 e. The van der Waals surface area contributed by atoms with E-state index >= 15 is 0 Å². The smallest absolute Gasteiger partial charge is 0.301 e. The first-order valence-corrected chi connectivity index (χ1v) is 6.34. The normalized spacial score (nSPS) is 9.65. The summed E-state index contributed by atoms with van der Waals surface area (Å²) >= 11 is 0. The van der Waals surface area contributed by atoms with Gasteiger partial charge in [0.2, 0.25) is 0 Å². The van der Waals surface area contributed by atoms with Gasteiger partial charge in [-0.3, -0.25) is 9.59 Å². The van der Waals surface area contributed by atoms with Crippen LogP contribution in [0.4, 0.5) is 0 Å². The molecule has 0 spiro atoms. The molecule has 0 aromatic carbocycles. The number of nitrogens with one attached hydrogen (secondary N) is 2. The molecule has 6 nitrogen and oxygen atoms in total. The van der Waals surface area contributed by atoms with Gasteiger partial charge in [-0.15, -0.1) is 0 Å². The number of H-pyrrole nitrogens is 2. The third kappa shape index (κ3) is 4.68. The maximum absolute atomic E-state index is 11.0. The summed E-state index contributed by atoms with van der Waals surface area (Å²) in [5.41, 5.74) is -0.430. The number of hydrogen-bond acceptors (Lipinski definition) is 6. The standard InChI is InChI=1S/C8H6N4O2S2.Na/c13-5-1-3-9-7(11-5)15-16-8-10-4-2-6(14)12-8;/h1-4H,(H,9,11,13)(H,10,12,14);/q;+1. The van der Waals surface area contributed by atoms with Gasteiger partial charge in [0.1, 0.15) is 0 Å². The number of aromatic nitrogens is 4. The molecule has 0 aliphatic heterocycles. The summed E-state index contributed by atoms with van der Waals surface area (Å²) in [6.07, 6.45) is 2.84. The van der Waals surface area contributed by atoms with Crippen molar-refractivity contribution in [1.29, 1.82) is 0 Å². The molecule has 2 rings (SSSR count). The molecule has 9 heteroatoms. The fraction of sp³-hybridized carbons (Fsp3) is 0. The first kappa shape index (κ1) is 14.5. The third-order valence-corrected chi connectivity index (χ3v) is 3.51. The minimum atomic E-state index is -0.215. The van der Waals surface area contributed by atoms with Crippen LogP contribution in [0, 0.1) is 0 Å². The molecule has 0 aliphatic rings. The largest absolute Gasteiger partial charge is 1.00 e. The van der Waals surface area contributed by atoms with Crippen LogP contribution >= 0.6 is 21.6 Å². The van der Waals surface area contributed by atoms with E-state index in [1.807, 2.05) is 0 Å². The van der Waals surface area contributed by atoms with E-state index in [1.165, 1.54) is 46.1 Å². The predicted octanol–water partition coefficient (Wildman–Crippen LogP) is -2.34. The van der Waals surface area contributed by atoms with Crippen LogP contribution in [0.25, 0.3) is 0 Å². The average Bonchev–Trinajstić information content (AvgIpc) is 2.27. The molecule has 0 amide bonds. The zero-order chi connectivity index (χ0) is 11.4. The van der Waals surface area contributed by atoms with Crippen molar-refractivity contribution in [3.8, 4) is 0 Å². The number of aromatic amines is 2. The van der Waals surface area contributed by atoms with Crippen LogP contribution < -0.4 is 40.7 Å². The van der Waals surface area contributed by atoms with Crippen molar-refractivity contribution in [3.63, 3.8) is 0 Å². The van der Waals surface area contributed by atoms with E-state index in [0.29, 0.717) is 10.3 Å². The molecule has 0 saturated carbocycles. The van der Waals surface area contributed by atoms with Crippen LogP contribution in [0.15, 0.2) is 44.4 Å². The molecule has 0 atom stereocenters. The fourth-order valence-corrected chi connectivity index (χ4v) is 2.50. The Hall–Kier alpha value is -0.540. The van der Waals surface area contributed by atoms with Crippen LogP contribution in [0.2, 0.25) is 0 Å². The summed E-state index contributed by atoms with van der Waals surface area (Å²) < 4.78 is 0.